The van der Waals surface area contributed by atoms with E-state index in [2.05, 4.69) is 34.4 Å². The van der Waals surface area contributed by atoms with Gasteiger partial charge in [0.1, 0.15) is 6.33 Å². The first-order chi connectivity index (χ1) is 9.05. The Morgan fingerprint density at radius 1 is 1.37 bits per heavy atom. The summed E-state index contributed by atoms with van der Waals surface area (Å²) in [6.07, 6.45) is 5.16. The zero-order chi connectivity index (χ0) is 13.9. The molecule has 5 heteroatoms. The Kier molecular flexibility index (Phi) is 4.12. The highest BCUT2D eigenvalue weighted by Crippen LogP contribution is 2.39. The van der Waals surface area contributed by atoms with Crippen LogP contribution in [-0.4, -0.2) is 29.7 Å². The van der Waals surface area contributed by atoms with Crippen molar-refractivity contribution in [2.45, 2.75) is 46.1 Å². The van der Waals surface area contributed by atoms with Gasteiger partial charge in [0, 0.05) is 12.6 Å². The minimum absolute atomic E-state index is 0.419. The number of ether oxygens (including phenoxy) is 1. The fraction of sp³-hybridized carbons (Fsp3) is 0.714. The molecule has 1 unspecified atom stereocenters. The van der Waals surface area contributed by atoms with Crippen molar-refractivity contribution in [1.29, 1.82) is 0 Å². The van der Waals surface area contributed by atoms with Gasteiger partial charge in [0.25, 0.3) is 0 Å². The van der Waals surface area contributed by atoms with Crippen LogP contribution in [0.25, 0.3) is 0 Å². The molecule has 2 rings (SSSR count). The molecule has 106 valence electrons. The summed E-state index contributed by atoms with van der Waals surface area (Å²) < 4.78 is 5.44. The fourth-order valence-corrected chi connectivity index (χ4v) is 2.72. The zero-order valence-corrected chi connectivity index (χ0v) is 12.3. The summed E-state index contributed by atoms with van der Waals surface area (Å²) in [5.74, 6) is 2.24. The number of aromatic nitrogens is 2. The number of hydrogen-bond donors (Lipinski definition) is 2. The average molecular weight is 264 g/mol. The molecule has 0 bridgehead atoms. The van der Waals surface area contributed by atoms with Crippen LogP contribution in [0.1, 0.15) is 40.0 Å². The first-order valence-electron chi connectivity index (χ1n) is 6.95. The lowest BCUT2D eigenvalue weighted by Gasteiger charge is -2.20. The van der Waals surface area contributed by atoms with Gasteiger partial charge in [0.2, 0.25) is 5.75 Å². The summed E-state index contributed by atoms with van der Waals surface area (Å²) in [7, 11) is 1.66. The molecule has 1 aliphatic carbocycles. The summed E-state index contributed by atoms with van der Waals surface area (Å²) in [5.41, 5.74) is 0.419. The van der Waals surface area contributed by atoms with Crippen LogP contribution in [0, 0.1) is 5.41 Å². The predicted molar refractivity (Wildman–Crippen MR) is 77.8 cm³/mol. The van der Waals surface area contributed by atoms with Crippen molar-refractivity contribution in [1.82, 2.24) is 9.97 Å². The number of nitrogens with one attached hydrogen (secondary N) is 2. The smallest absolute Gasteiger partial charge is 0.204 e. The summed E-state index contributed by atoms with van der Waals surface area (Å²) in [4.78, 5) is 8.53. The summed E-state index contributed by atoms with van der Waals surface area (Å²) >= 11 is 0. The van der Waals surface area contributed by atoms with Gasteiger partial charge in [-0.1, -0.05) is 13.8 Å². The third-order valence-electron chi connectivity index (χ3n) is 3.66. The molecule has 19 heavy (non-hydrogen) atoms. The molecule has 5 nitrogen and oxygen atoms in total. The largest absolute Gasteiger partial charge is 0.490 e. The molecular formula is C14H24N4O. The van der Waals surface area contributed by atoms with Crippen LogP contribution in [0.4, 0.5) is 11.6 Å². The maximum Gasteiger partial charge on any atom is 0.204 e. The second kappa shape index (κ2) is 5.63. The maximum atomic E-state index is 5.44. The average Bonchev–Trinajstić information content (AvgIpc) is 2.69. The van der Waals surface area contributed by atoms with Crippen LogP contribution in [0.15, 0.2) is 6.33 Å². The zero-order valence-electron chi connectivity index (χ0n) is 12.3. The van der Waals surface area contributed by atoms with Crippen molar-refractivity contribution in [2.24, 2.45) is 5.41 Å². The first kappa shape index (κ1) is 13.9. The van der Waals surface area contributed by atoms with E-state index < -0.39 is 0 Å². The van der Waals surface area contributed by atoms with Gasteiger partial charge in [-0.2, -0.15) is 0 Å². The molecular weight excluding hydrogens is 240 g/mol. The molecule has 1 aromatic heterocycles. The number of hydrogen-bond acceptors (Lipinski definition) is 5. The normalized spacial score (nSPS) is 21.2. The second-order valence-corrected chi connectivity index (χ2v) is 5.88. The van der Waals surface area contributed by atoms with Crippen LogP contribution in [-0.2, 0) is 0 Å². The lowest BCUT2D eigenvalue weighted by Crippen LogP contribution is -2.19. The SMILES string of the molecule is CCNc1ncnc(NC2CCC(C)(C)C2)c1OC. The number of anilines is 2. The Labute approximate surface area is 115 Å². The quantitative estimate of drug-likeness (QED) is 0.856. The monoisotopic (exact) mass is 264 g/mol. The van der Waals surface area contributed by atoms with E-state index in [0.29, 0.717) is 17.2 Å². The standard InChI is InChI=1S/C14H24N4O/c1-5-15-12-11(19-4)13(17-9-16-12)18-10-6-7-14(2,3)8-10/h9-10H,5-8H2,1-4H3,(H2,15,16,17,18). The summed E-state index contributed by atoms with van der Waals surface area (Å²) in [6.45, 7) is 7.48. The number of nitrogens with zero attached hydrogens (tertiary/aromatic N) is 2. The predicted octanol–water partition coefficient (Wildman–Crippen LogP) is 2.91. The van der Waals surface area contributed by atoms with Gasteiger partial charge in [0.05, 0.1) is 7.11 Å². The Hall–Kier alpha value is -1.52. The molecule has 2 N–H and O–H groups in total. The van der Waals surface area contributed by atoms with E-state index in [9.17, 15) is 0 Å². The van der Waals surface area contributed by atoms with Crippen molar-refractivity contribution in [3.63, 3.8) is 0 Å². The van der Waals surface area contributed by atoms with E-state index in [1.54, 1.807) is 13.4 Å². The van der Waals surface area contributed by atoms with E-state index >= 15 is 0 Å². The van der Waals surface area contributed by atoms with Crippen LogP contribution < -0.4 is 15.4 Å². The lowest BCUT2D eigenvalue weighted by molar-refractivity contribution is 0.378. The Morgan fingerprint density at radius 3 is 2.68 bits per heavy atom. The van der Waals surface area contributed by atoms with Gasteiger partial charge in [-0.3, -0.25) is 0 Å². The molecule has 1 atom stereocenters. The minimum Gasteiger partial charge on any atom is -0.490 e. The van der Waals surface area contributed by atoms with Crippen molar-refractivity contribution in [2.75, 3.05) is 24.3 Å². The number of methoxy groups -OCH3 is 1. The number of rotatable bonds is 5. The molecule has 1 saturated carbocycles. The molecule has 0 spiro atoms. The Morgan fingerprint density at radius 2 is 2.11 bits per heavy atom. The summed E-state index contributed by atoms with van der Waals surface area (Å²) in [6, 6.07) is 0.466. The van der Waals surface area contributed by atoms with E-state index in [4.69, 9.17) is 4.74 Å². The molecule has 0 amide bonds. The molecule has 0 aromatic carbocycles. The summed E-state index contributed by atoms with van der Waals surface area (Å²) in [5, 5.41) is 6.69. The molecule has 0 saturated heterocycles. The van der Waals surface area contributed by atoms with E-state index in [1.165, 1.54) is 12.8 Å². The highest BCUT2D eigenvalue weighted by atomic mass is 16.5. The molecule has 1 aliphatic rings. The Balaban J connectivity index is 2.14. The van der Waals surface area contributed by atoms with Crippen molar-refractivity contribution >= 4 is 11.6 Å². The van der Waals surface area contributed by atoms with E-state index in [-0.39, 0.29) is 0 Å². The fourth-order valence-electron chi connectivity index (χ4n) is 2.72. The third-order valence-corrected chi connectivity index (χ3v) is 3.66. The van der Waals surface area contributed by atoms with Gasteiger partial charge in [-0.05, 0) is 31.6 Å². The van der Waals surface area contributed by atoms with E-state index in [1.807, 2.05) is 6.92 Å². The van der Waals surface area contributed by atoms with Crippen molar-refractivity contribution in [3.8, 4) is 5.75 Å². The van der Waals surface area contributed by atoms with Gasteiger partial charge >= 0.3 is 0 Å². The lowest BCUT2D eigenvalue weighted by atomic mass is 9.92. The van der Waals surface area contributed by atoms with Crippen LogP contribution in [0.2, 0.25) is 0 Å². The van der Waals surface area contributed by atoms with Crippen LogP contribution in [0.5, 0.6) is 5.75 Å². The Bertz CT molecular complexity index is 433. The van der Waals surface area contributed by atoms with E-state index in [0.717, 1.165) is 24.6 Å². The maximum absolute atomic E-state index is 5.44. The van der Waals surface area contributed by atoms with Gasteiger partial charge in [0.15, 0.2) is 11.6 Å². The molecule has 1 fully saturated rings. The highest BCUT2D eigenvalue weighted by molar-refractivity contribution is 5.63. The van der Waals surface area contributed by atoms with Gasteiger partial charge in [-0.15, -0.1) is 0 Å². The third kappa shape index (κ3) is 3.28. The van der Waals surface area contributed by atoms with Gasteiger partial charge in [-0.25, -0.2) is 9.97 Å². The molecule has 1 heterocycles. The molecule has 0 aliphatic heterocycles. The minimum atomic E-state index is 0.419. The molecule has 1 aromatic rings. The first-order valence-corrected chi connectivity index (χ1v) is 6.95. The van der Waals surface area contributed by atoms with Crippen LogP contribution in [0.3, 0.4) is 0 Å². The highest BCUT2D eigenvalue weighted by Gasteiger charge is 2.31. The molecule has 0 radical (unpaired) electrons. The van der Waals surface area contributed by atoms with Gasteiger partial charge < -0.3 is 15.4 Å². The van der Waals surface area contributed by atoms with Crippen molar-refractivity contribution < 1.29 is 4.74 Å². The van der Waals surface area contributed by atoms with Crippen molar-refractivity contribution in [3.05, 3.63) is 6.33 Å². The van der Waals surface area contributed by atoms with Crippen LogP contribution >= 0.6 is 0 Å². The second-order valence-electron chi connectivity index (χ2n) is 5.88. The topological polar surface area (TPSA) is 59.1 Å².